The van der Waals surface area contributed by atoms with E-state index in [1.54, 1.807) is 28.6 Å². The molecule has 1 saturated heterocycles. The van der Waals surface area contributed by atoms with Gasteiger partial charge in [-0.1, -0.05) is 48.5 Å². The molecule has 3 aromatic rings. The molecule has 0 radical (unpaired) electrons. The number of hydrogen-bond acceptors (Lipinski definition) is 6. The first-order valence-electron chi connectivity index (χ1n) is 9.65. The van der Waals surface area contributed by atoms with E-state index in [1.165, 1.54) is 22.9 Å². The lowest BCUT2D eigenvalue weighted by molar-refractivity contribution is 0.346. The van der Waals surface area contributed by atoms with Crippen molar-refractivity contribution in [2.45, 2.75) is 42.1 Å². The molecule has 0 aliphatic carbocycles. The van der Waals surface area contributed by atoms with Crippen LogP contribution in [0.5, 0.6) is 0 Å². The molecule has 0 N–H and O–H groups in total. The molecule has 0 saturated carbocycles. The summed E-state index contributed by atoms with van der Waals surface area (Å²) in [6.07, 6.45) is 2.89. The van der Waals surface area contributed by atoms with Crippen LogP contribution in [0.15, 0.2) is 63.1 Å². The third kappa shape index (κ3) is 4.55. The van der Waals surface area contributed by atoms with Crippen molar-refractivity contribution >= 4 is 21.8 Å². The third-order valence-corrected chi connectivity index (χ3v) is 7.81. The SMILES string of the molecule is Cc1ccccc1CSc1nnc(-c2cccc(S(=O)(=O)N3CCCCC3)c2)o1. The van der Waals surface area contributed by atoms with Gasteiger partial charge in [-0.3, -0.25) is 0 Å². The summed E-state index contributed by atoms with van der Waals surface area (Å²) in [6, 6.07) is 14.9. The highest BCUT2D eigenvalue weighted by Crippen LogP contribution is 2.29. The smallest absolute Gasteiger partial charge is 0.277 e. The Morgan fingerprint density at radius 1 is 1.03 bits per heavy atom. The normalized spacial score (nSPS) is 15.5. The molecule has 0 atom stereocenters. The number of aromatic nitrogens is 2. The first-order chi connectivity index (χ1) is 14.0. The molecule has 1 aromatic heterocycles. The molecular weight excluding hydrogens is 406 g/mol. The van der Waals surface area contributed by atoms with Crippen LogP contribution in [-0.2, 0) is 15.8 Å². The average molecular weight is 430 g/mol. The molecule has 0 spiro atoms. The molecular formula is C21H23N3O3S2. The van der Waals surface area contributed by atoms with E-state index in [-0.39, 0.29) is 4.90 Å². The van der Waals surface area contributed by atoms with Gasteiger partial charge in [0, 0.05) is 24.4 Å². The van der Waals surface area contributed by atoms with Gasteiger partial charge in [0.25, 0.3) is 5.22 Å². The van der Waals surface area contributed by atoms with Gasteiger partial charge in [-0.15, -0.1) is 10.2 Å². The number of sulfonamides is 1. The zero-order valence-corrected chi connectivity index (χ0v) is 17.9. The van der Waals surface area contributed by atoms with Gasteiger partial charge in [-0.25, -0.2) is 8.42 Å². The molecule has 2 heterocycles. The van der Waals surface area contributed by atoms with E-state index in [9.17, 15) is 8.42 Å². The molecule has 152 valence electrons. The number of hydrogen-bond donors (Lipinski definition) is 0. The Morgan fingerprint density at radius 3 is 2.62 bits per heavy atom. The van der Waals surface area contributed by atoms with E-state index in [4.69, 9.17) is 4.42 Å². The minimum absolute atomic E-state index is 0.268. The summed E-state index contributed by atoms with van der Waals surface area (Å²) < 4.78 is 33.2. The fraction of sp³-hybridized carbons (Fsp3) is 0.333. The third-order valence-electron chi connectivity index (χ3n) is 5.05. The Hall–Kier alpha value is -2.16. The first kappa shape index (κ1) is 20.1. The van der Waals surface area contributed by atoms with Crippen molar-refractivity contribution in [3.05, 3.63) is 59.7 Å². The number of benzene rings is 2. The molecule has 4 rings (SSSR count). The Morgan fingerprint density at radius 2 is 1.83 bits per heavy atom. The number of rotatable bonds is 6. The van der Waals surface area contributed by atoms with Crippen LogP contribution in [0.4, 0.5) is 0 Å². The maximum Gasteiger partial charge on any atom is 0.277 e. The van der Waals surface area contributed by atoms with Crippen LogP contribution < -0.4 is 0 Å². The Bertz CT molecular complexity index is 1090. The van der Waals surface area contributed by atoms with E-state index < -0.39 is 10.0 Å². The monoisotopic (exact) mass is 429 g/mol. The molecule has 6 nitrogen and oxygen atoms in total. The Balaban J connectivity index is 1.51. The lowest BCUT2D eigenvalue weighted by atomic mass is 10.1. The van der Waals surface area contributed by atoms with Crippen LogP contribution in [-0.4, -0.2) is 36.0 Å². The molecule has 29 heavy (non-hydrogen) atoms. The van der Waals surface area contributed by atoms with E-state index >= 15 is 0 Å². The maximum atomic E-state index is 12.9. The topological polar surface area (TPSA) is 76.3 Å². The quantitative estimate of drug-likeness (QED) is 0.537. The number of nitrogens with zero attached hydrogens (tertiary/aromatic N) is 3. The molecule has 0 unspecified atom stereocenters. The van der Waals surface area contributed by atoms with Crippen molar-refractivity contribution in [2.24, 2.45) is 0 Å². The van der Waals surface area contributed by atoms with Crippen LogP contribution in [0.2, 0.25) is 0 Å². The molecule has 1 aliphatic rings. The summed E-state index contributed by atoms with van der Waals surface area (Å²) in [5, 5.41) is 8.68. The predicted molar refractivity (Wildman–Crippen MR) is 113 cm³/mol. The van der Waals surface area contributed by atoms with Crippen LogP contribution in [0, 0.1) is 6.92 Å². The summed E-state index contributed by atoms with van der Waals surface area (Å²) in [4.78, 5) is 0.268. The minimum atomic E-state index is -3.50. The zero-order valence-electron chi connectivity index (χ0n) is 16.2. The lowest BCUT2D eigenvalue weighted by Gasteiger charge is -2.25. The van der Waals surface area contributed by atoms with Crippen LogP contribution in [0.25, 0.3) is 11.5 Å². The lowest BCUT2D eigenvalue weighted by Crippen LogP contribution is -2.35. The highest BCUT2D eigenvalue weighted by atomic mass is 32.2. The van der Waals surface area contributed by atoms with Crippen molar-refractivity contribution < 1.29 is 12.8 Å². The molecule has 0 bridgehead atoms. The molecule has 1 aliphatic heterocycles. The summed E-state index contributed by atoms with van der Waals surface area (Å²) in [5.74, 6) is 1.06. The first-order valence-corrected chi connectivity index (χ1v) is 12.1. The summed E-state index contributed by atoms with van der Waals surface area (Å²) in [5.41, 5.74) is 3.04. The van der Waals surface area contributed by atoms with Gasteiger partial charge in [0.05, 0.1) is 4.90 Å². The fourth-order valence-corrected chi connectivity index (χ4v) is 5.74. The van der Waals surface area contributed by atoms with Crippen molar-refractivity contribution in [1.82, 2.24) is 14.5 Å². The van der Waals surface area contributed by atoms with E-state index in [2.05, 4.69) is 29.3 Å². The molecule has 8 heteroatoms. The molecule has 2 aromatic carbocycles. The minimum Gasteiger partial charge on any atom is -0.411 e. The van der Waals surface area contributed by atoms with Crippen molar-refractivity contribution in [1.29, 1.82) is 0 Å². The van der Waals surface area contributed by atoms with Gasteiger partial charge in [0.15, 0.2) is 0 Å². The van der Waals surface area contributed by atoms with Gasteiger partial charge in [0.1, 0.15) is 0 Å². The standard InChI is InChI=1S/C21H23N3O3S2/c1-16-8-3-4-9-18(16)15-28-21-23-22-20(27-21)17-10-7-11-19(14-17)29(25,26)24-12-5-2-6-13-24/h3-4,7-11,14H,2,5-6,12-13,15H2,1H3. The summed E-state index contributed by atoms with van der Waals surface area (Å²) >= 11 is 1.47. The van der Waals surface area contributed by atoms with Gasteiger partial charge in [-0.2, -0.15) is 4.31 Å². The van der Waals surface area contributed by atoms with E-state index in [0.717, 1.165) is 25.0 Å². The fourth-order valence-electron chi connectivity index (χ4n) is 3.34. The summed E-state index contributed by atoms with van der Waals surface area (Å²) in [6.45, 7) is 3.23. The zero-order chi connectivity index (χ0) is 20.3. The second-order valence-electron chi connectivity index (χ2n) is 7.08. The van der Waals surface area contributed by atoms with Crippen molar-refractivity contribution in [3.8, 4) is 11.5 Å². The number of piperidine rings is 1. The average Bonchev–Trinajstić information content (AvgIpc) is 3.23. The van der Waals surface area contributed by atoms with Crippen molar-refractivity contribution in [2.75, 3.05) is 13.1 Å². The van der Waals surface area contributed by atoms with E-state index in [0.29, 0.717) is 29.8 Å². The maximum absolute atomic E-state index is 12.9. The Kier molecular flexibility index (Phi) is 6.03. The van der Waals surface area contributed by atoms with Crippen LogP contribution >= 0.6 is 11.8 Å². The van der Waals surface area contributed by atoms with E-state index in [1.807, 2.05) is 12.1 Å². The van der Waals surface area contributed by atoms with Gasteiger partial charge < -0.3 is 4.42 Å². The van der Waals surface area contributed by atoms with Crippen LogP contribution in [0.3, 0.4) is 0 Å². The highest BCUT2D eigenvalue weighted by Gasteiger charge is 2.26. The molecule has 0 amide bonds. The number of thioether (sulfide) groups is 1. The highest BCUT2D eigenvalue weighted by molar-refractivity contribution is 7.98. The van der Waals surface area contributed by atoms with Gasteiger partial charge in [-0.05, 0) is 49.1 Å². The van der Waals surface area contributed by atoms with Crippen molar-refractivity contribution in [3.63, 3.8) is 0 Å². The van der Waals surface area contributed by atoms with Crippen LogP contribution in [0.1, 0.15) is 30.4 Å². The Labute approximate surface area is 175 Å². The second-order valence-corrected chi connectivity index (χ2v) is 9.95. The second kappa shape index (κ2) is 8.69. The number of aryl methyl sites for hydroxylation is 1. The predicted octanol–water partition coefficient (Wildman–Crippen LogP) is 4.51. The largest absolute Gasteiger partial charge is 0.411 e. The summed E-state index contributed by atoms with van der Waals surface area (Å²) in [7, 11) is -3.50. The molecule has 1 fully saturated rings. The van der Waals surface area contributed by atoms with Gasteiger partial charge in [0.2, 0.25) is 15.9 Å². The van der Waals surface area contributed by atoms with Gasteiger partial charge >= 0.3 is 0 Å².